The number of hydrogen-bond acceptors (Lipinski definition) is 5. The molecule has 1 aromatic carbocycles. The van der Waals surface area contributed by atoms with E-state index in [1.165, 1.54) is 28.5 Å². The Labute approximate surface area is 179 Å². The van der Waals surface area contributed by atoms with Crippen LogP contribution in [0.3, 0.4) is 0 Å². The molecular weight excluding hydrogens is 458 g/mol. The number of amides is 1. The van der Waals surface area contributed by atoms with E-state index in [0.717, 1.165) is 31.5 Å². The van der Waals surface area contributed by atoms with Crippen LogP contribution in [-0.2, 0) is 4.79 Å². The molecule has 1 aromatic heterocycles. The van der Waals surface area contributed by atoms with E-state index in [1.54, 1.807) is 6.08 Å². The van der Waals surface area contributed by atoms with Crippen molar-refractivity contribution in [3.63, 3.8) is 0 Å². The number of hydrazone groups is 1. The standard InChI is InChI=1S/C19H16BrN5OS2/c1-10-7-12(11(2)24(10)14-6-4-5-13(20)9-14)8-15-16(21)25-18(22-17(15)26)28-19(23-25)27-3/h4-9,21H,1-3H3. The van der Waals surface area contributed by atoms with Gasteiger partial charge in [0.15, 0.2) is 10.2 Å². The van der Waals surface area contributed by atoms with Crippen molar-refractivity contribution in [2.24, 2.45) is 10.1 Å². The van der Waals surface area contributed by atoms with Crippen LogP contribution < -0.4 is 0 Å². The van der Waals surface area contributed by atoms with Crippen molar-refractivity contribution in [2.45, 2.75) is 13.8 Å². The van der Waals surface area contributed by atoms with Gasteiger partial charge in [-0.15, -0.1) is 16.9 Å². The second kappa shape index (κ2) is 7.38. The number of carbonyl (C=O) groups excluding carboxylic acids is 1. The largest absolute Gasteiger partial charge is 0.318 e. The number of thioether (sulfide) groups is 2. The topological polar surface area (TPSA) is 73.8 Å². The zero-order chi connectivity index (χ0) is 20.0. The maximum atomic E-state index is 12.6. The Kier molecular flexibility index (Phi) is 5.07. The smallest absolute Gasteiger partial charge is 0.283 e. The lowest BCUT2D eigenvalue weighted by atomic mass is 10.1. The van der Waals surface area contributed by atoms with Crippen molar-refractivity contribution in [1.82, 2.24) is 9.58 Å². The molecule has 3 heterocycles. The first-order valence-electron chi connectivity index (χ1n) is 8.38. The Morgan fingerprint density at radius 1 is 1.29 bits per heavy atom. The van der Waals surface area contributed by atoms with E-state index < -0.39 is 5.91 Å². The molecule has 0 fully saturated rings. The molecule has 28 heavy (non-hydrogen) atoms. The molecule has 0 atom stereocenters. The molecule has 6 nitrogen and oxygen atoms in total. The predicted octanol–water partition coefficient (Wildman–Crippen LogP) is 4.80. The van der Waals surface area contributed by atoms with Gasteiger partial charge in [0.2, 0.25) is 5.17 Å². The Balaban J connectivity index is 1.76. The summed E-state index contributed by atoms with van der Waals surface area (Å²) in [6.45, 7) is 4.02. The summed E-state index contributed by atoms with van der Waals surface area (Å²) in [4.78, 5) is 16.7. The number of nitrogens with one attached hydrogen (secondary N) is 1. The van der Waals surface area contributed by atoms with Crippen molar-refractivity contribution in [2.75, 3.05) is 6.26 Å². The summed E-state index contributed by atoms with van der Waals surface area (Å²) in [5, 5.41) is 14.7. The molecule has 0 radical (unpaired) electrons. The fraction of sp³-hybridized carbons (Fsp3) is 0.158. The number of aliphatic imine (C=N–C) groups is 1. The summed E-state index contributed by atoms with van der Waals surface area (Å²) in [6, 6.07) is 10.1. The summed E-state index contributed by atoms with van der Waals surface area (Å²) >= 11 is 6.29. The van der Waals surface area contributed by atoms with Gasteiger partial charge < -0.3 is 4.57 Å². The Hall–Kier alpha value is -2.10. The Bertz CT molecular complexity index is 1120. The minimum Gasteiger partial charge on any atom is -0.318 e. The first kappa shape index (κ1) is 19.2. The van der Waals surface area contributed by atoms with Crippen LogP contribution in [0.15, 0.2) is 50.5 Å². The number of aromatic nitrogens is 1. The van der Waals surface area contributed by atoms with Crippen LogP contribution in [0.5, 0.6) is 0 Å². The molecule has 0 spiro atoms. The van der Waals surface area contributed by atoms with Crippen molar-refractivity contribution in [1.29, 1.82) is 5.41 Å². The number of amidine groups is 2. The summed E-state index contributed by atoms with van der Waals surface area (Å²) < 4.78 is 3.89. The molecule has 2 aliphatic heterocycles. The molecule has 0 unspecified atom stereocenters. The lowest BCUT2D eigenvalue weighted by Crippen LogP contribution is -2.35. The van der Waals surface area contributed by atoms with Crippen LogP contribution in [0.2, 0.25) is 0 Å². The zero-order valence-corrected chi connectivity index (χ0v) is 18.6. The maximum Gasteiger partial charge on any atom is 0.283 e. The van der Waals surface area contributed by atoms with Gasteiger partial charge in [-0.05, 0) is 67.8 Å². The van der Waals surface area contributed by atoms with E-state index in [0.29, 0.717) is 5.17 Å². The summed E-state index contributed by atoms with van der Waals surface area (Å²) in [6.07, 6.45) is 3.64. The SMILES string of the molecule is CSC1=NN2C(=N)C(=Cc3cc(C)n(-c4cccc(Br)c4)c3C)C(=O)N=C2S1. The van der Waals surface area contributed by atoms with Crippen LogP contribution in [0.25, 0.3) is 11.8 Å². The summed E-state index contributed by atoms with van der Waals surface area (Å²) in [5.74, 6) is -0.354. The predicted molar refractivity (Wildman–Crippen MR) is 121 cm³/mol. The minimum absolute atomic E-state index is 0.0545. The van der Waals surface area contributed by atoms with Crippen molar-refractivity contribution in [3.8, 4) is 5.69 Å². The van der Waals surface area contributed by atoms with Gasteiger partial charge in [-0.3, -0.25) is 10.2 Å². The zero-order valence-electron chi connectivity index (χ0n) is 15.4. The average molecular weight is 474 g/mol. The van der Waals surface area contributed by atoms with E-state index in [1.807, 2.05) is 50.4 Å². The van der Waals surface area contributed by atoms with Gasteiger partial charge in [-0.2, -0.15) is 10.0 Å². The number of nitrogens with zero attached hydrogens (tertiary/aromatic N) is 4. The second-order valence-corrected chi connectivity index (χ2v) is 9.16. The number of hydrogen-bond donors (Lipinski definition) is 1. The minimum atomic E-state index is -0.409. The third-order valence-corrected chi connectivity index (χ3v) is 6.82. The quantitative estimate of drug-likeness (QED) is 0.635. The fourth-order valence-corrected chi connectivity index (χ4v) is 4.89. The molecule has 2 aromatic rings. The number of benzene rings is 1. The van der Waals surface area contributed by atoms with Gasteiger partial charge in [0.1, 0.15) is 0 Å². The highest BCUT2D eigenvalue weighted by Crippen LogP contribution is 2.32. The second-order valence-electron chi connectivity index (χ2n) is 6.23. The van der Waals surface area contributed by atoms with Gasteiger partial charge in [-0.1, -0.05) is 22.0 Å². The number of halogens is 1. The molecule has 2 aliphatic rings. The lowest BCUT2D eigenvalue weighted by Gasteiger charge is -2.20. The van der Waals surface area contributed by atoms with E-state index in [2.05, 4.69) is 30.6 Å². The Morgan fingerprint density at radius 2 is 2.07 bits per heavy atom. The van der Waals surface area contributed by atoms with Gasteiger partial charge >= 0.3 is 0 Å². The van der Waals surface area contributed by atoms with Crippen LogP contribution >= 0.6 is 39.5 Å². The fourth-order valence-electron chi connectivity index (χ4n) is 3.16. The monoisotopic (exact) mass is 473 g/mol. The summed E-state index contributed by atoms with van der Waals surface area (Å²) in [7, 11) is 0. The van der Waals surface area contributed by atoms with Crippen molar-refractivity contribution >= 4 is 66.8 Å². The van der Waals surface area contributed by atoms with E-state index in [4.69, 9.17) is 5.41 Å². The molecule has 142 valence electrons. The molecule has 4 rings (SSSR count). The molecule has 0 saturated carbocycles. The van der Waals surface area contributed by atoms with E-state index >= 15 is 0 Å². The molecule has 9 heteroatoms. The number of carbonyl (C=O) groups is 1. The Morgan fingerprint density at radius 3 is 2.79 bits per heavy atom. The maximum absolute atomic E-state index is 12.6. The third-order valence-electron chi connectivity index (χ3n) is 4.45. The number of fused-ring (bicyclic) bond motifs is 1. The van der Waals surface area contributed by atoms with Gasteiger partial charge in [0.05, 0.1) is 5.57 Å². The van der Waals surface area contributed by atoms with Gasteiger partial charge in [0, 0.05) is 21.5 Å². The molecular formula is C19H16BrN5OS2. The van der Waals surface area contributed by atoms with Crippen LogP contribution in [-0.4, -0.2) is 37.1 Å². The highest BCUT2D eigenvalue weighted by molar-refractivity contribution is 9.10. The molecule has 1 amide bonds. The summed E-state index contributed by atoms with van der Waals surface area (Å²) in [5.41, 5.74) is 4.18. The van der Waals surface area contributed by atoms with Crippen LogP contribution in [0.1, 0.15) is 17.0 Å². The third kappa shape index (κ3) is 3.27. The van der Waals surface area contributed by atoms with Crippen LogP contribution in [0, 0.1) is 19.3 Å². The van der Waals surface area contributed by atoms with Crippen molar-refractivity contribution < 1.29 is 4.79 Å². The average Bonchev–Trinajstić information content (AvgIpc) is 3.19. The number of rotatable bonds is 2. The molecule has 0 saturated heterocycles. The van der Waals surface area contributed by atoms with Crippen LogP contribution in [0.4, 0.5) is 0 Å². The highest BCUT2D eigenvalue weighted by Gasteiger charge is 2.35. The normalized spacial score (nSPS) is 17.9. The van der Waals surface area contributed by atoms with Crippen molar-refractivity contribution in [3.05, 3.63) is 57.3 Å². The first-order valence-corrected chi connectivity index (χ1v) is 11.2. The highest BCUT2D eigenvalue weighted by atomic mass is 79.9. The van der Waals surface area contributed by atoms with Gasteiger partial charge in [-0.25, -0.2) is 0 Å². The number of aryl methyl sites for hydroxylation is 1. The van der Waals surface area contributed by atoms with E-state index in [9.17, 15) is 4.79 Å². The van der Waals surface area contributed by atoms with Gasteiger partial charge in [0.25, 0.3) is 5.91 Å². The molecule has 1 N–H and O–H groups in total. The molecule has 0 bridgehead atoms. The molecule has 0 aliphatic carbocycles. The first-order chi connectivity index (χ1) is 13.4. The lowest BCUT2D eigenvalue weighted by molar-refractivity contribution is -0.114. The van der Waals surface area contributed by atoms with E-state index in [-0.39, 0.29) is 11.4 Å².